The number of amides is 2. The molecule has 44 heavy (non-hydrogen) atoms. The van der Waals surface area contributed by atoms with Crippen molar-refractivity contribution >= 4 is 34.9 Å². The van der Waals surface area contributed by atoms with Gasteiger partial charge in [-0.2, -0.15) is 18.3 Å². The number of allylic oxidation sites excluding steroid dienone is 5. The molecule has 0 radical (unpaired) electrons. The van der Waals surface area contributed by atoms with E-state index in [4.69, 9.17) is 0 Å². The standard InChI is InChI=1S/C31H30F3N7O3/c1-5-6-11-20-14-18(2)27(21(15-20)28(43)35-4)36-29(44)24-16-22(39-40(24)23-12-9-7-8-10-13-25(23)42)19(3)41-17-26(41)37-38-30(41)31(32,33)34/h8,10,12-16,19H,5,7,9,17H2,1-4H3,(H2-,35,36,42,43,44)/p+1. The number of fused-ring (bicyclic) bond motifs is 1. The Morgan fingerprint density at radius 1 is 1.18 bits per heavy atom. The Balaban J connectivity index is 1.60. The second-order valence-electron chi connectivity index (χ2n) is 10.6. The number of aliphatic hydroxyl groups excluding tert-OH is 1. The molecule has 2 aromatic rings. The summed E-state index contributed by atoms with van der Waals surface area (Å²) < 4.78 is 42.3. The summed E-state index contributed by atoms with van der Waals surface area (Å²) in [5.41, 5.74) is 1.90. The second kappa shape index (κ2) is 11.6. The van der Waals surface area contributed by atoms with E-state index in [9.17, 15) is 27.9 Å². The van der Waals surface area contributed by atoms with Crippen LogP contribution in [0.5, 0.6) is 0 Å². The lowest BCUT2D eigenvalue weighted by atomic mass is 10.0. The molecule has 3 N–H and O–H groups in total. The molecule has 2 amide bonds. The van der Waals surface area contributed by atoms with Crippen LogP contribution < -0.4 is 10.6 Å². The maximum atomic E-state index is 14.0. The molecule has 10 nitrogen and oxygen atoms in total. The number of quaternary nitrogens is 1. The Morgan fingerprint density at radius 2 is 1.95 bits per heavy atom. The van der Waals surface area contributed by atoms with Gasteiger partial charge < -0.3 is 15.7 Å². The number of amidine groups is 2. The van der Waals surface area contributed by atoms with Gasteiger partial charge in [-0.3, -0.25) is 9.59 Å². The van der Waals surface area contributed by atoms with E-state index in [0.29, 0.717) is 30.4 Å². The van der Waals surface area contributed by atoms with Gasteiger partial charge in [-0.1, -0.05) is 47.2 Å². The van der Waals surface area contributed by atoms with E-state index in [2.05, 4.69) is 37.8 Å². The van der Waals surface area contributed by atoms with Crippen LogP contribution >= 0.6 is 0 Å². The van der Waals surface area contributed by atoms with Crippen molar-refractivity contribution in [2.45, 2.75) is 52.3 Å². The van der Waals surface area contributed by atoms with E-state index >= 15 is 0 Å². The van der Waals surface area contributed by atoms with E-state index in [0.717, 1.165) is 0 Å². The first-order valence-electron chi connectivity index (χ1n) is 14.1. The number of aryl methyl sites for hydroxylation is 1. The zero-order valence-electron chi connectivity index (χ0n) is 24.6. The number of benzene rings is 1. The highest BCUT2D eigenvalue weighted by Gasteiger charge is 2.72. The molecule has 1 aromatic carbocycles. The van der Waals surface area contributed by atoms with Gasteiger partial charge in [-0.15, -0.1) is 0 Å². The van der Waals surface area contributed by atoms with E-state index in [1.165, 1.54) is 23.9 Å². The summed E-state index contributed by atoms with van der Waals surface area (Å²) >= 11 is 0. The second-order valence-corrected chi connectivity index (χ2v) is 10.6. The molecule has 2 unspecified atom stereocenters. The van der Waals surface area contributed by atoms with Crippen molar-refractivity contribution in [1.82, 2.24) is 15.1 Å². The summed E-state index contributed by atoms with van der Waals surface area (Å²) in [6.07, 6.45) is 3.77. The van der Waals surface area contributed by atoms with Crippen LogP contribution in [0.4, 0.5) is 18.9 Å². The molecule has 0 bridgehead atoms. The number of anilines is 1. The van der Waals surface area contributed by atoms with Gasteiger partial charge in [0.2, 0.25) is 0 Å². The molecule has 1 aliphatic carbocycles. The lowest BCUT2D eigenvalue weighted by Gasteiger charge is -2.22. The van der Waals surface area contributed by atoms with E-state index in [1.807, 2.05) is 13.0 Å². The molecule has 1 aromatic heterocycles. The molecular formula is C31H31F3N7O3+. The smallest absolute Gasteiger partial charge is 0.489 e. The van der Waals surface area contributed by atoms with Crippen molar-refractivity contribution in [3.8, 4) is 11.8 Å². The molecule has 1 fully saturated rings. The lowest BCUT2D eigenvalue weighted by molar-refractivity contribution is -0.694. The molecule has 0 saturated carbocycles. The Morgan fingerprint density at radius 3 is 2.64 bits per heavy atom. The third-order valence-electron chi connectivity index (χ3n) is 7.70. The first-order valence-corrected chi connectivity index (χ1v) is 14.1. The fourth-order valence-corrected chi connectivity index (χ4v) is 5.35. The number of alkyl halides is 3. The summed E-state index contributed by atoms with van der Waals surface area (Å²) in [7, 11) is 1.47. The average Bonchev–Trinajstić information content (AvgIpc) is 3.32. The molecule has 5 rings (SSSR count). The van der Waals surface area contributed by atoms with Gasteiger partial charge >= 0.3 is 12.0 Å². The third-order valence-corrected chi connectivity index (χ3v) is 7.70. The van der Waals surface area contributed by atoms with Crippen LogP contribution in [0.3, 0.4) is 0 Å². The number of aromatic nitrogens is 2. The average molecular weight is 607 g/mol. The number of aliphatic hydroxyl groups is 1. The highest BCUT2D eigenvalue weighted by atomic mass is 19.4. The maximum absolute atomic E-state index is 14.0. The zero-order valence-corrected chi connectivity index (χ0v) is 24.6. The minimum absolute atomic E-state index is 0.0223. The molecular weight excluding hydrogens is 575 g/mol. The van der Waals surface area contributed by atoms with Crippen LogP contribution in [0.2, 0.25) is 0 Å². The first-order chi connectivity index (χ1) is 20.9. The topological polar surface area (TPSA) is 121 Å². The van der Waals surface area contributed by atoms with Gasteiger partial charge in [0, 0.05) is 19.0 Å². The van der Waals surface area contributed by atoms with Crippen molar-refractivity contribution in [2.24, 2.45) is 10.2 Å². The summed E-state index contributed by atoms with van der Waals surface area (Å²) in [4.78, 5) is 26.8. The third kappa shape index (κ3) is 5.44. The van der Waals surface area contributed by atoms with Crippen LogP contribution in [-0.4, -0.2) is 62.6 Å². The number of halogens is 3. The highest BCUT2D eigenvalue weighted by molar-refractivity contribution is 6.10. The van der Waals surface area contributed by atoms with Crippen LogP contribution in [0.15, 0.2) is 58.5 Å². The molecule has 228 valence electrons. The number of hydrogen-bond acceptors (Lipinski definition) is 6. The fraction of sp³-hybridized carbons (Fsp3) is 0.323. The van der Waals surface area contributed by atoms with Gasteiger partial charge in [0.1, 0.15) is 28.9 Å². The molecule has 0 spiro atoms. The number of hydrogen-bond donors (Lipinski definition) is 3. The van der Waals surface area contributed by atoms with Gasteiger partial charge in [0.25, 0.3) is 17.6 Å². The SMILES string of the molecule is CCC#Cc1cc(C)c(NC(=O)c2cc(C(C)[N+]34CC3=NN=C4C(F)(F)F)nn2C2=CCCC=CC=C2O)c(C(=O)NC)c1. The number of carbonyl (C=O) groups excluding carboxylic acids is 2. The lowest BCUT2D eigenvalue weighted by Crippen LogP contribution is -2.44. The monoisotopic (exact) mass is 606 g/mol. The van der Waals surface area contributed by atoms with Crippen LogP contribution in [0.1, 0.15) is 76.8 Å². The molecule has 2 atom stereocenters. The minimum atomic E-state index is -4.71. The maximum Gasteiger partial charge on any atom is 0.489 e. The predicted octanol–water partition coefficient (Wildman–Crippen LogP) is 5.38. The number of nitrogens with one attached hydrogen (secondary N) is 2. The van der Waals surface area contributed by atoms with Crippen LogP contribution in [0.25, 0.3) is 5.70 Å². The van der Waals surface area contributed by atoms with Gasteiger partial charge in [0.05, 0.1) is 11.3 Å². The molecule has 3 aliphatic rings. The molecule has 2 aliphatic heterocycles. The number of carbonyl (C=O) groups is 2. The van der Waals surface area contributed by atoms with Crippen LogP contribution in [0, 0.1) is 18.8 Å². The number of nitrogens with zero attached hydrogens (tertiary/aromatic N) is 5. The van der Waals surface area contributed by atoms with Crippen molar-refractivity contribution in [3.63, 3.8) is 0 Å². The van der Waals surface area contributed by atoms with Crippen LogP contribution in [-0.2, 0) is 0 Å². The predicted molar refractivity (Wildman–Crippen MR) is 160 cm³/mol. The summed E-state index contributed by atoms with van der Waals surface area (Å²) in [6, 6.07) is 3.82. The van der Waals surface area contributed by atoms with E-state index in [1.54, 1.807) is 38.1 Å². The Labute approximate surface area is 251 Å². The Bertz CT molecular complexity index is 1770. The Hall–Kier alpha value is -4.96. The first kappa shape index (κ1) is 30.5. The van der Waals surface area contributed by atoms with Crippen molar-refractivity contribution in [3.05, 3.63) is 76.3 Å². The molecule has 13 heteroatoms. The molecule has 1 saturated heterocycles. The summed E-state index contributed by atoms with van der Waals surface area (Å²) in [6.45, 7) is 5.22. The Kier molecular flexibility index (Phi) is 8.05. The van der Waals surface area contributed by atoms with Gasteiger partial charge in [-0.05, 0) is 56.5 Å². The fourth-order valence-electron chi connectivity index (χ4n) is 5.35. The quantitative estimate of drug-likeness (QED) is 0.232. The summed E-state index contributed by atoms with van der Waals surface area (Å²) in [5, 5.41) is 27.9. The van der Waals surface area contributed by atoms with E-state index in [-0.39, 0.29) is 46.5 Å². The van der Waals surface area contributed by atoms with Gasteiger partial charge in [-0.25, -0.2) is 9.16 Å². The highest BCUT2D eigenvalue weighted by Crippen LogP contribution is 2.47. The van der Waals surface area contributed by atoms with Gasteiger partial charge in [0.15, 0.2) is 6.54 Å². The molecule has 3 heterocycles. The zero-order chi connectivity index (χ0) is 31.8. The van der Waals surface area contributed by atoms with Crippen molar-refractivity contribution in [1.29, 1.82) is 0 Å². The summed E-state index contributed by atoms with van der Waals surface area (Å²) in [5.74, 6) is 3.85. The minimum Gasteiger partial charge on any atom is -0.506 e. The normalized spacial score (nSPS) is 19.6. The van der Waals surface area contributed by atoms with Crippen molar-refractivity contribution in [2.75, 3.05) is 18.9 Å². The number of rotatable bonds is 6. The largest absolute Gasteiger partial charge is 0.506 e. The van der Waals surface area contributed by atoms with E-state index < -0.39 is 34.4 Å². The van der Waals surface area contributed by atoms with Crippen molar-refractivity contribution < 1.29 is 32.3 Å².